The second-order valence-corrected chi connectivity index (χ2v) is 18.6. The third-order valence-electron chi connectivity index (χ3n) is 12.2. The topological polar surface area (TPSA) is 158 Å². The standard InChI is InChI=1S/C21H26F2O2.C10H16F2O2.2C7H8F2O4/c1-14-3-5-17(6-4-14)21-10-15-7-16(11-21)9-20(8-15,12-21)13-25-18(24)19(2,22)23;1-10(11,12)9(13)14-7-8-5-3-2-4-6-8;1-7(8,9)6(11)13-4-2-5(10)12-3-4;1-7(8,9)6(11)13-4-2-3-12-5(4)10/h3-6,15-16H,7-13H2,1-2H3;8H,2-7H2,1H3;2*4H,2-3H2,1H3. The summed E-state index contributed by atoms with van der Waals surface area (Å²) in [6.07, 6.45) is 9.96. The van der Waals surface area contributed by atoms with Gasteiger partial charge in [-0.25, -0.2) is 24.0 Å². The first-order valence-electron chi connectivity index (χ1n) is 21.7. The van der Waals surface area contributed by atoms with Crippen LogP contribution in [0, 0.1) is 30.1 Å². The zero-order valence-corrected chi connectivity index (χ0v) is 37.1. The molecule has 0 radical (unpaired) electrons. The van der Waals surface area contributed by atoms with Gasteiger partial charge in [0.15, 0.2) is 0 Å². The van der Waals surface area contributed by atoms with Crippen molar-refractivity contribution >= 4 is 35.8 Å². The zero-order valence-electron chi connectivity index (χ0n) is 37.1. The number of carbonyl (C=O) groups is 6. The number of esters is 6. The molecule has 2 heterocycles. The number of hydrogen-bond acceptors (Lipinski definition) is 12. The van der Waals surface area contributed by atoms with E-state index in [1.165, 1.54) is 36.8 Å². The summed E-state index contributed by atoms with van der Waals surface area (Å²) in [5.41, 5.74) is 2.65. The van der Waals surface area contributed by atoms with Gasteiger partial charge < -0.3 is 28.4 Å². The Balaban J connectivity index is 0.000000201. The molecule has 8 rings (SSSR count). The summed E-state index contributed by atoms with van der Waals surface area (Å²) < 4.78 is 127. The molecule has 4 bridgehead atoms. The van der Waals surface area contributed by atoms with E-state index >= 15 is 0 Å². The molecule has 65 heavy (non-hydrogen) atoms. The minimum absolute atomic E-state index is 0.103. The molecule has 12 nitrogen and oxygen atoms in total. The van der Waals surface area contributed by atoms with Crippen LogP contribution in [0.2, 0.25) is 0 Å². The van der Waals surface area contributed by atoms with Gasteiger partial charge in [0.2, 0.25) is 6.10 Å². The van der Waals surface area contributed by atoms with Crippen LogP contribution in [0.25, 0.3) is 0 Å². The maximum atomic E-state index is 13.2. The fraction of sp³-hybridized carbons (Fsp3) is 0.733. The van der Waals surface area contributed by atoms with Gasteiger partial charge in [-0.1, -0.05) is 49.1 Å². The summed E-state index contributed by atoms with van der Waals surface area (Å²) in [6, 6.07) is 8.81. The number of hydrogen-bond donors (Lipinski definition) is 0. The lowest BCUT2D eigenvalue weighted by atomic mass is 9.43. The fourth-order valence-corrected chi connectivity index (χ4v) is 9.52. The van der Waals surface area contributed by atoms with E-state index in [0.717, 1.165) is 44.9 Å². The minimum Gasteiger partial charge on any atom is -0.463 e. The van der Waals surface area contributed by atoms with Crippen LogP contribution in [0.15, 0.2) is 24.3 Å². The summed E-state index contributed by atoms with van der Waals surface area (Å²) in [7, 11) is 0. The lowest BCUT2D eigenvalue weighted by Crippen LogP contribution is -2.55. The molecule has 0 N–H and O–H groups in total. The molecule has 7 aliphatic rings. The highest BCUT2D eigenvalue weighted by Gasteiger charge is 2.59. The maximum absolute atomic E-state index is 13.2. The molecule has 2 saturated heterocycles. The number of ether oxygens (including phenoxy) is 6. The normalized spacial score (nSPS) is 27.3. The first-order valence-corrected chi connectivity index (χ1v) is 21.7. The SMILES string of the molecule is CC(F)(F)C(=O)OC1CCOC1=O.CC(F)(F)C(=O)OC1COC(=O)C1.CC(F)(F)C(=O)OCC1CCCCC1.Cc1ccc(C23CC4CC(CC(COC(=O)C(C)(F)F)(C4)C2)C3)cc1. The Bertz CT molecular complexity index is 1810. The van der Waals surface area contributed by atoms with E-state index in [-0.39, 0.29) is 56.0 Å². The summed E-state index contributed by atoms with van der Waals surface area (Å²) in [6.45, 7) is 4.39. The molecule has 7 fully saturated rings. The number of carbonyl (C=O) groups excluding carboxylic acids is 6. The van der Waals surface area contributed by atoms with Gasteiger partial charge in [-0.15, -0.1) is 0 Å². The first-order chi connectivity index (χ1) is 30.0. The number of rotatable bonds is 11. The molecular formula is C45H58F8O12. The zero-order chi connectivity index (χ0) is 48.6. The highest BCUT2D eigenvalue weighted by atomic mass is 19.3. The van der Waals surface area contributed by atoms with Gasteiger partial charge in [0.25, 0.3) is 0 Å². The number of cyclic esters (lactones) is 2. The van der Waals surface area contributed by atoms with Crippen molar-refractivity contribution in [1.29, 1.82) is 0 Å². The van der Waals surface area contributed by atoms with Gasteiger partial charge in [0.05, 0.1) is 26.2 Å². The minimum atomic E-state index is -3.57. The van der Waals surface area contributed by atoms with Crippen LogP contribution in [0.5, 0.6) is 0 Å². The van der Waals surface area contributed by atoms with E-state index in [4.69, 9.17) is 4.74 Å². The first kappa shape index (κ1) is 53.1. The Morgan fingerprint density at radius 2 is 1.20 bits per heavy atom. The van der Waals surface area contributed by atoms with Gasteiger partial charge in [-0.05, 0) is 87.0 Å². The quantitative estimate of drug-likeness (QED) is 0.118. The Kier molecular flexibility index (Phi) is 17.5. The number of halogens is 8. The van der Waals surface area contributed by atoms with Crippen LogP contribution >= 0.6 is 0 Å². The lowest BCUT2D eigenvalue weighted by Gasteiger charge is -2.62. The molecule has 0 aromatic heterocycles. The smallest absolute Gasteiger partial charge is 0.377 e. The molecule has 0 amide bonds. The predicted molar refractivity (Wildman–Crippen MR) is 212 cm³/mol. The number of benzene rings is 1. The van der Waals surface area contributed by atoms with Crippen LogP contribution in [0.1, 0.15) is 122 Å². The van der Waals surface area contributed by atoms with Crippen LogP contribution in [0.3, 0.4) is 0 Å². The van der Waals surface area contributed by atoms with Crippen LogP contribution in [-0.2, 0) is 62.6 Å². The van der Waals surface area contributed by atoms with E-state index in [1.807, 2.05) is 0 Å². The summed E-state index contributed by atoms with van der Waals surface area (Å²) in [5, 5.41) is 0. The number of alkyl halides is 8. The Hall–Kier alpha value is -4.52. The third kappa shape index (κ3) is 15.8. The second kappa shape index (κ2) is 21.4. The maximum Gasteiger partial charge on any atom is 0.377 e. The van der Waals surface area contributed by atoms with Gasteiger partial charge in [-0.2, -0.15) is 35.1 Å². The van der Waals surface area contributed by atoms with Crippen molar-refractivity contribution in [1.82, 2.24) is 0 Å². The highest BCUT2D eigenvalue weighted by Crippen LogP contribution is 2.65. The molecule has 4 unspecified atom stereocenters. The summed E-state index contributed by atoms with van der Waals surface area (Å²) in [4.78, 5) is 64.7. The van der Waals surface area contributed by atoms with Crippen molar-refractivity contribution < 1.29 is 92.3 Å². The van der Waals surface area contributed by atoms with E-state index in [1.54, 1.807) is 0 Å². The van der Waals surface area contributed by atoms with Crippen LogP contribution in [-0.4, -0.2) is 98.1 Å². The molecule has 0 spiro atoms. The predicted octanol–water partition coefficient (Wildman–Crippen LogP) is 8.80. The Morgan fingerprint density at radius 3 is 1.68 bits per heavy atom. The van der Waals surface area contributed by atoms with Gasteiger partial charge in [0.1, 0.15) is 12.7 Å². The fourth-order valence-electron chi connectivity index (χ4n) is 9.52. The Morgan fingerprint density at radius 1 is 0.677 bits per heavy atom. The van der Waals surface area contributed by atoms with E-state index in [0.29, 0.717) is 39.5 Å². The van der Waals surface area contributed by atoms with Crippen LogP contribution < -0.4 is 0 Å². The average molecular weight is 943 g/mol. The van der Waals surface area contributed by atoms with Crippen molar-refractivity contribution in [2.24, 2.45) is 23.2 Å². The van der Waals surface area contributed by atoms with E-state index < -0.39 is 71.7 Å². The van der Waals surface area contributed by atoms with E-state index in [2.05, 4.69) is 54.9 Å². The molecule has 4 atom stereocenters. The summed E-state index contributed by atoms with van der Waals surface area (Å²) >= 11 is 0. The van der Waals surface area contributed by atoms with Crippen molar-refractivity contribution in [2.75, 3.05) is 26.4 Å². The van der Waals surface area contributed by atoms with Gasteiger partial charge in [-0.3, -0.25) is 4.79 Å². The van der Waals surface area contributed by atoms with Gasteiger partial charge in [0, 0.05) is 39.5 Å². The molecular weight excluding hydrogens is 884 g/mol. The van der Waals surface area contributed by atoms with Crippen molar-refractivity contribution in [2.45, 2.75) is 159 Å². The van der Waals surface area contributed by atoms with E-state index in [9.17, 15) is 63.9 Å². The van der Waals surface area contributed by atoms with Crippen LogP contribution in [0.4, 0.5) is 35.1 Å². The highest BCUT2D eigenvalue weighted by molar-refractivity contribution is 5.83. The molecule has 366 valence electrons. The molecule has 1 aromatic rings. The molecule has 2 aliphatic heterocycles. The monoisotopic (exact) mass is 942 g/mol. The van der Waals surface area contributed by atoms with Crippen molar-refractivity contribution in [3.05, 3.63) is 35.4 Å². The Labute approximate surface area is 372 Å². The second-order valence-electron chi connectivity index (χ2n) is 18.6. The molecule has 5 aliphatic carbocycles. The van der Waals surface area contributed by atoms with Gasteiger partial charge >= 0.3 is 59.5 Å². The third-order valence-corrected chi connectivity index (χ3v) is 12.2. The average Bonchev–Trinajstić information content (AvgIpc) is 3.81. The lowest BCUT2D eigenvalue weighted by molar-refractivity contribution is -0.180. The number of aryl methyl sites for hydroxylation is 1. The molecule has 5 saturated carbocycles. The summed E-state index contributed by atoms with van der Waals surface area (Å²) in [5.74, 6) is -19.7. The molecule has 20 heteroatoms. The van der Waals surface area contributed by atoms with Crippen molar-refractivity contribution in [3.63, 3.8) is 0 Å². The van der Waals surface area contributed by atoms with Crippen molar-refractivity contribution in [3.8, 4) is 0 Å². The molecule has 1 aromatic carbocycles. The largest absolute Gasteiger partial charge is 0.463 e.